The Bertz CT molecular complexity index is 1050. The van der Waals surface area contributed by atoms with Crippen LogP contribution in [0.15, 0.2) is 0 Å². The summed E-state index contributed by atoms with van der Waals surface area (Å²) < 4.78 is 150. The third kappa shape index (κ3) is 14.7. The Balaban J connectivity index is 5.07. The zero-order valence-corrected chi connectivity index (χ0v) is 39.1. The molecule has 0 aromatic carbocycles. The standard InChI is InChI=1S/C7H28O15Si16/c1-25(2)18-23-30(10)32(12)34(14)36(16)37(17)35(15)33(13)31(11)29(9)22-38(6,7)19-24-28(8)21-27(5)20-26(3)4/h25-27H,23-24H2,1-7H3. The van der Waals surface area contributed by atoms with Gasteiger partial charge in [0.1, 0.15) is 0 Å². The van der Waals surface area contributed by atoms with E-state index in [1.165, 1.54) is 13.1 Å². The van der Waals surface area contributed by atoms with E-state index in [0.29, 0.717) is 0 Å². The Hall–Kier alpha value is 0.950. The molecule has 38 heavy (non-hydrogen) atoms. The molecule has 0 spiro atoms. The molecule has 15 nitrogen and oxygen atoms in total. The minimum atomic E-state index is -3.85. The van der Waals surface area contributed by atoms with Crippen LogP contribution in [0.3, 0.4) is 0 Å². The van der Waals surface area contributed by atoms with Gasteiger partial charge in [-0.25, -0.2) is 0 Å². The second-order valence-electron chi connectivity index (χ2n) is 8.41. The molecule has 1 unspecified atom stereocenters. The van der Waals surface area contributed by atoms with E-state index in [1.54, 1.807) is 19.6 Å². The molecular formula is C7H28O15Si16. The second kappa shape index (κ2) is 18.5. The van der Waals surface area contributed by atoms with Gasteiger partial charge in [0.05, 0.1) is 0 Å². The number of rotatable bonds is 20. The Morgan fingerprint density at radius 3 is 1.50 bits per heavy atom. The average molecular weight is 802 g/mol. The van der Waals surface area contributed by atoms with Crippen molar-refractivity contribution in [3.8, 4) is 0 Å². The van der Waals surface area contributed by atoms with Crippen LogP contribution in [0.25, 0.3) is 0 Å². The third-order valence-corrected chi connectivity index (χ3v) is 89.7. The van der Waals surface area contributed by atoms with Crippen molar-refractivity contribution >= 4 is 133 Å². The largest absolute Gasteiger partial charge is 0.563 e. The van der Waals surface area contributed by atoms with E-state index in [4.69, 9.17) is 20.6 Å². The summed E-state index contributed by atoms with van der Waals surface area (Å²) in [5, 5.41) is 0. The topological polar surface area (TPSA) is 217 Å². The lowest BCUT2D eigenvalue weighted by Gasteiger charge is -2.23. The highest BCUT2D eigenvalue weighted by Gasteiger charge is 2.51. The molecule has 0 radical (unpaired) electrons. The first-order valence-corrected chi connectivity index (χ1v) is 49.2. The zero-order valence-electron chi connectivity index (χ0n) is 21.8. The zero-order chi connectivity index (χ0) is 30.0. The fourth-order valence-corrected chi connectivity index (χ4v) is 118. The van der Waals surface area contributed by atoms with Crippen molar-refractivity contribution in [1.29, 1.82) is 0 Å². The van der Waals surface area contributed by atoms with E-state index in [1.807, 2.05) is 13.1 Å². The van der Waals surface area contributed by atoms with Crippen LogP contribution in [-0.2, 0) is 65.2 Å². The Kier molecular flexibility index (Phi) is 18.9. The van der Waals surface area contributed by atoms with Gasteiger partial charge in [-0.15, -0.1) is 0 Å². The van der Waals surface area contributed by atoms with Crippen molar-refractivity contribution in [2.45, 2.75) is 45.8 Å². The van der Waals surface area contributed by atoms with E-state index in [2.05, 4.69) is 0 Å². The van der Waals surface area contributed by atoms with Crippen molar-refractivity contribution in [3.63, 3.8) is 0 Å². The van der Waals surface area contributed by atoms with Crippen molar-refractivity contribution < 1.29 is 65.2 Å². The van der Waals surface area contributed by atoms with Gasteiger partial charge in [0.25, 0.3) is 9.28 Å². The molecule has 0 rings (SSSR count). The summed E-state index contributed by atoms with van der Waals surface area (Å²) in [7, 11) is -46.8. The summed E-state index contributed by atoms with van der Waals surface area (Å²) in [6, 6.07) is 0. The maximum absolute atomic E-state index is 12.5. The molecule has 0 aromatic rings. The molecule has 0 aliphatic rings. The molecule has 0 bridgehead atoms. The predicted octanol–water partition coefficient (Wildman–Crippen LogP) is -5.41. The second-order valence-corrected chi connectivity index (χ2v) is 69.2. The van der Waals surface area contributed by atoms with Gasteiger partial charge in [-0.3, -0.25) is 0 Å². The lowest BCUT2D eigenvalue weighted by atomic mass is 11.9. The summed E-state index contributed by atoms with van der Waals surface area (Å²) in [5.74, 6) is 0. The van der Waals surface area contributed by atoms with Crippen LogP contribution in [-0.4, -0.2) is 133 Å². The summed E-state index contributed by atoms with van der Waals surface area (Å²) in [6.07, 6.45) is 0. The number of hydrogen-bond acceptors (Lipinski definition) is 15. The van der Waals surface area contributed by atoms with Gasteiger partial charge in [0.15, 0.2) is 18.1 Å². The molecule has 210 valence electrons. The van der Waals surface area contributed by atoms with E-state index >= 15 is 0 Å². The molecule has 0 aromatic heterocycles. The van der Waals surface area contributed by atoms with E-state index in [9.17, 15) is 44.6 Å². The highest BCUT2D eigenvalue weighted by atomic mass is 30.0. The number of hydrogen-bond donors (Lipinski definition) is 0. The van der Waals surface area contributed by atoms with Crippen molar-refractivity contribution in [3.05, 3.63) is 0 Å². The predicted molar refractivity (Wildman–Crippen MR) is 155 cm³/mol. The highest BCUT2D eigenvalue weighted by Crippen LogP contribution is 2.06. The fourth-order valence-electron chi connectivity index (χ4n) is 2.20. The summed E-state index contributed by atoms with van der Waals surface area (Å²) >= 11 is 0. The molecule has 0 aliphatic heterocycles. The fraction of sp³-hybridized carbons (Fsp3) is 1.00. The van der Waals surface area contributed by atoms with Crippen LogP contribution in [0.5, 0.6) is 0 Å². The van der Waals surface area contributed by atoms with Crippen LogP contribution in [0.4, 0.5) is 0 Å². The molecular weight excluding hydrogens is 773 g/mol. The SMILES string of the molecule is C[SiH](C)O[SiH2][Si](=O)[Si](=O)[Si](=O)[Si](=O)[Si](=O)[Si](=O)[Si](=O)[Si](=O)[Si](=O)O[Si](C)(C)O[SiH2][Si](=O)O[SiH](C)O[SiH](C)C. The van der Waals surface area contributed by atoms with Gasteiger partial charge in [0.2, 0.25) is 9.28 Å². The van der Waals surface area contributed by atoms with Crippen molar-refractivity contribution in [2.75, 3.05) is 0 Å². The minimum absolute atomic E-state index is 1.35. The van der Waals surface area contributed by atoms with Gasteiger partial charge in [-0.05, 0) is 45.8 Å². The summed E-state index contributed by atoms with van der Waals surface area (Å²) in [4.78, 5) is 0. The summed E-state index contributed by atoms with van der Waals surface area (Å²) in [5.41, 5.74) is 0. The monoisotopic (exact) mass is 800 g/mol. The van der Waals surface area contributed by atoms with Crippen LogP contribution in [0.2, 0.25) is 45.8 Å². The van der Waals surface area contributed by atoms with Gasteiger partial charge < -0.3 is 65.2 Å². The van der Waals surface area contributed by atoms with Crippen molar-refractivity contribution in [1.82, 2.24) is 0 Å². The minimum Gasteiger partial charge on any atom is -0.563 e. The highest BCUT2D eigenvalue weighted by molar-refractivity contribution is 7.76. The first-order chi connectivity index (χ1) is 17.3. The Labute approximate surface area is 242 Å². The third-order valence-electron chi connectivity index (χ3n) is 3.86. The van der Waals surface area contributed by atoms with Crippen LogP contribution >= 0.6 is 0 Å². The average Bonchev–Trinajstić information content (AvgIpc) is 2.81. The maximum atomic E-state index is 12.5. The van der Waals surface area contributed by atoms with E-state index in [0.717, 1.165) is 0 Å². The molecule has 0 N–H and O–H groups in total. The van der Waals surface area contributed by atoms with Crippen LogP contribution in [0.1, 0.15) is 0 Å². The molecule has 0 heterocycles. The van der Waals surface area contributed by atoms with Crippen LogP contribution < -0.4 is 0 Å². The Morgan fingerprint density at radius 2 is 1.05 bits per heavy atom. The molecule has 1 atom stereocenters. The Morgan fingerprint density at radius 1 is 0.605 bits per heavy atom. The molecule has 0 aliphatic carbocycles. The molecule has 0 fully saturated rings. The smallest absolute Gasteiger partial charge is 0.533 e. The maximum Gasteiger partial charge on any atom is 0.533 e. The van der Waals surface area contributed by atoms with E-state index < -0.39 is 133 Å². The van der Waals surface area contributed by atoms with Gasteiger partial charge >= 0.3 is 96.5 Å². The molecule has 31 heteroatoms. The first-order valence-electron chi connectivity index (χ1n) is 11.0. The van der Waals surface area contributed by atoms with Crippen LogP contribution in [0, 0.1) is 0 Å². The van der Waals surface area contributed by atoms with Gasteiger partial charge in [0, 0.05) is 0 Å². The molecule has 0 saturated heterocycles. The van der Waals surface area contributed by atoms with E-state index in [-0.39, 0.29) is 0 Å². The quantitative estimate of drug-likeness (QED) is 0.105. The lowest BCUT2D eigenvalue weighted by Crippen LogP contribution is -2.54. The van der Waals surface area contributed by atoms with Gasteiger partial charge in [-0.1, -0.05) is 0 Å². The lowest BCUT2D eigenvalue weighted by molar-refractivity contribution is 0.380. The van der Waals surface area contributed by atoms with Crippen molar-refractivity contribution in [2.24, 2.45) is 0 Å². The molecule has 0 amide bonds. The first kappa shape index (κ1) is 39.0. The molecule has 0 saturated carbocycles. The normalized spacial score (nSPS) is 12.6. The van der Waals surface area contributed by atoms with Gasteiger partial charge in [-0.2, -0.15) is 0 Å². The summed E-state index contributed by atoms with van der Waals surface area (Å²) in [6.45, 7) is 12.0.